The van der Waals surface area contributed by atoms with E-state index in [1.807, 2.05) is 39.0 Å². The molecule has 0 saturated heterocycles. The van der Waals surface area contributed by atoms with E-state index in [9.17, 15) is 5.11 Å². The minimum atomic E-state index is -0.469. The summed E-state index contributed by atoms with van der Waals surface area (Å²) in [6.07, 6.45) is 0.977. The topological polar surface area (TPSA) is 38.7 Å². The van der Waals surface area contributed by atoms with E-state index in [-0.39, 0.29) is 5.60 Å². The monoisotopic (exact) mass is 262 g/mol. The quantitative estimate of drug-likeness (QED) is 0.842. The van der Waals surface area contributed by atoms with E-state index in [2.05, 4.69) is 6.58 Å². The second kappa shape index (κ2) is 5.25. The van der Waals surface area contributed by atoms with Gasteiger partial charge < -0.3 is 14.6 Å². The zero-order valence-corrected chi connectivity index (χ0v) is 11.9. The van der Waals surface area contributed by atoms with Crippen LogP contribution >= 0.6 is 0 Å². The largest absolute Gasteiger partial charge is 0.493 e. The molecule has 1 atom stereocenters. The molecule has 3 heteroatoms. The molecule has 0 saturated carbocycles. The molecule has 2 rings (SSSR count). The highest BCUT2D eigenvalue weighted by Gasteiger charge is 2.32. The summed E-state index contributed by atoms with van der Waals surface area (Å²) in [5, 5.41) is 10.1. The van der Waals surface area contributed by atoms with Crippen LogP contribution in [0, 0.1) is 0 Å². The minimum absolute atomic E-state index is 0.344. The van der Waals surface area contributed by atoms with Crippen LogP contribution in [0.15, 0.2) is 30.4 Å². The molecule has 104 valence electrons. The van der Waals surface area contributed by atoms with E-state index >= 15 is 0 Å². The van der Waals surface area contributed by atoms with Gasteiger partial charge in [-0.1, -0.05) is 5.57 Å². The molecule has 1 aromatic rings. The van der Waals surface area contributed by atoms with E-state index in [1.54, 1.807) is 0 Å². The first-order chi connectivity index (χ1) is 8.87. The molecule has 0 aromatic heterocycles. The molecule has 0 bridgehead atoms. The van der Waals surface area contributed by atoms with Gasteiger partial charge in [-0.2, -0.15) is 0 Å². The summed E-state index contributed by atoms with van der Waals surface area (Å²) in [7, 11) is 0. The molecule has 19 heavy (non-hydrogen) atoms. The number of hydrogen-bond acceptors (Lipinski definition) is 3. The lowest BCUT2D eigenvalue weighted by Crippen LogP contribution is -2.34. The van der Waals surface area contributed by atoms with Gasteiger partial charge in [0.05, 0.1) is 12.7 Å². The van der Waals surface area contributed by atoms with Gasteiger partial charge in [-0.05, 0) is 32.9 Å². The van der Waals surface area contributed by atoms with Crippen LogP contribution in [0.25, 0.3) is 0 Å². The van der Waals surface area contributed by atoms with Crippen molar-refractivity contribution in [2.45, 2.75) is 45.3 Å². The zero-order chi connectivity index (χ0) is 14.0. The van der Waals surface area contributed by atoms with E-state index < -0.39 is 6.10 Å². The zero-order valence-electron chi connectivity index (χ0n) is 11.9. The van der Waals surface area contributed by atoms with Crippen LogP contribution in [0.1, 0.15) is 45.3 Å². The molecule has 1 aliphatic heterocycles. The van der Waals surface area contributed by atoms with Gasteiger partial charge >= 0.3 is 0 Å². The summed E-state index contributed by atoms with van der Waals surface area (Å²) >= 11 is 0. The minimum Gasteiger partial charge on any atom is -0.493 e. The molecule has 0 fully saturated rings. The van der Waals surface area contributed by atoms with Crippen LogP contribution in [0.2, 0.25) is 0 Å². The molecule has 3 nitrogen and oxygen atoms in total. The first-order valence-electron chi connectivity index (χ1n) is 6.65. The summed E-state index contributed by atoms with van der Waals surface area (Å²) in [6, 6.07) is 5.62. The molecule has 0 spiro atoms. The molecule has 1 heterocycles. The first-order valence-corrected chi connectivity index (χ1v) is 6.65. The average molecular weight is 262 g/mol. The van der Waals surface area contributed by atoms with Crippen molar-refractivity contribution in [3.63, 3.8) is 0 Å². The summed E-state index contributed by atoms with van der Waals surface area (Å²) < 4.78 is 11.6. The number of fused-ring (bicyclic) bond motifs is 1. The predicted molar refractivity (Wildman–Crippen MR) is 75.7 cm³/mol. The summed E-state index contributed by atoms with van der Waals surface area (Å²) in [5.74, 6) is 1.49. The van der Waals surface area contributed by atoms with Gasteiger partial charge in [-0.25, -0.2) is 0 Å². The third-order valence-electron chi connectivity index (χ3n) is 3.21. The van der Waals surface area contributed by atoms with Crippen LogP contribution in [0.3, 0.4) is 0 Å². The predicted octanol–water partition coefficient (Wildman–Crippen LogP) is 3.63. The lowest BCUT2D eigenvalue weighted by atomic mass is 9.92. The molecular weight excluding hydrogens is 240 g/mol. The van der Waals surface area contributed by atoms with Gasteiger partial charge in [0.2, 0.25) is 0 Å². The molecule has 1 N–H and O–H groups in total. The van der Waals surface area contributed by atoms with Crippen molar-refractivity contribution < 1.29 is 14.6 Å². The smallest absolute Gasteiger partial charge is 0.129 e. The molecular formula is C16H22O3. The van der Waals surface area contributed by atoms with Gasteiger partial charge in [0.15, 0.2) is 0 Å². The number of benzene rings is 1. The third kappa shape index (κ3) is 3.51. The second-order valence-electron chi connectivity index (χ2n) is 5.84. The lowest BCUT2D eigenvalue weighted by Gasteiger charge is -2.35. The van der Waals surface area contributed by atoms with Gasteiger partial charge in [0.1, 0.15) is 17.1 Å². The normalized spacial score (nSPS) is 20.3. The fourth-order valence-corrected chi connectivity index (χ4v) is 2.23. The third-order valence-corrected chi connectivity index (χ3v) is 3.21. The Morgan fingerprint density at radius 1 is 1.53 bits per heavy atom. The second-order valence-corrected chi connectivity index (χ2v) is 5.84. The average Bonchev–Trinajstić information content (AvgIpc) is 2.26. The van der Waals surface area contributed by atoms with Crippen molar-refractivity contribution >= 4 is 0 Å². The molecule has 0 amide bonds. The van der Waals surface area contributed by atoms with Crippen molar-refractivity contribution in [3.8, 4) is 11.5 Å². The SMILES string of the molecule is C=C(C)CCOc1ccc2c(c1)OC(C)(C)CC2O. The summed E-state index contributed by atoms with van der Waals surface area (Å²) in [5.41, 5.74) is 1.60. The Morgan fingerprint density at radius 2 is 2.26 bits per heavy atom. The fraction of sp³-hybridized carbons (Fsp3) is 0.500. The van der Waals surface area contributed by atoms with Gasteiger partial charge in [-0.15, -0.1) is 6.58 Å². The highest BCUT2D eigenvalue weighted by molar-refractivity contribution is 5.43. The fourth-order valence-electron chi connectivity index (χ4n) is 2.23. The van der Waals surface area contributed by atoms with Crippen LogP contribution < -0.4 is 9.47 Å². The lowest BCUT2D eigenvalue weighted by molar-refractivity contribution is 0.0113. The number of aliphatic hydroxyl groups excluding tert-OH is 1. The number of ether oxygens (including phenoxy) is 2. The number of rotatable bonds is 4. The number of aliphatic hydroxyl groups is 1. The molecule has 0 aliphatic carbocycles. The standard InChI is InChI=1S/C16H22O3/c1-11(2)7-8-18-12-5-6-13-14(17)10-16(3,4)19-15(13)9-12/h5-6,9,14,17H,1,7-8,10H2,2-4H3. The van der Waals surface area contributed by atoms with Gasteiger partial charge in [0, 0.05) is 24.5 Å². The Hall–Kier alpha value is -1.48. The van der Waals surface area contributed by atoms with Crippen molar-refractivity contribution in [3.05, 3.63) is 35.9 Å². The van der Waals surface area contributed by atoms with Crippen LogP contribution in [0.4, 0.5) is 0 Å². The molecule has 0 radical (unpaired) electrons. The van der Waals surface area contributed by atoms with E-state index in [0.29, 0.717) is 13.0 Å². The van der Waals surface area contributed by atoms with Crippen LogP contribution in [-0.2, 0) is 0 Å². The maximum Gasteiger partial charge on any atom is 0.129 e. The maximum atomic E-state index is 10.1. The summed E-state index contributed by atoms with van der Waals surface area (Å²) in [4.78, 5) is 0. The maximum absolute atomic E-state index is 10.1. The van der Waals surface area contributed by atoms with E-state index in [1.165, 1.54) is 0 Å². The van der Waals surface area contributed by atoms with Crippen molar-refractivity contribution in [2.75, 3.05) is 6.61 Å². The van der Waals surface area contributed by atoms with E-state index in [0.717, 1.165) is 29.1 Å². The van der Waals surface area contributed by atoms with Crippen molar-refractivity contribution in [1.82, 2.24) is 0 Å². The Bertz CT molecular complexity index is 477. The Kier molecular flexibility index (Phi) is 3.85. The Balaban J connectivity index is 2.12. The van der Waals surface area contributed by atoms with Crippen LogP contribution in [0.5, 0.6) is 11.5 Å². The molecule has 1 unspecified atom stereocenters. The highest BCUT2D eigenvalue weighted by atomic mass is 16.5. The highest BCUT2D eigenvalue weighted by Crippen LogP contribution is 2.41. The van der Waals surface area contributed by atoms with Crippen LogP contribution in [-0.4, -0.2) is 17.3 Å². The summed E-state index contributed by atoms with van der Waals surface area (Å²) in [6.45, 7) is 10.4. The Labute approximate surface area is 114 Å². The van der Waals surface area contributed by atoms with Gasteiger partial charge in [0.25, 0.3) is 0 Å². The first kappa shape index (κ1) is 13.9. The van der Waals surface area contributed by atoms with Gasteiger partial charge in [-0.3, -0.25) is 0 Å². The Morgan fingerprint density at radius 3 is 2.95 bits per heavy atom. The van der Waals surface area contributed by atoms with Crippen molar-refractivity contribution in [1.29, 1.82) is 0 Å². The molecule has 1 aromatic carbocycles. The van der Waals surface area contributed by atoms with Crippen molar-refractivity contribution in [2.24, 2.45) is 0 Å². The molecule has 1 aliphatic rings. The number of hydrogen-bond donors (Lipinski definition) is 1. The van der Waals surface area contributed by atoms with E-state index in [4.69, 9.17) is 9.47 Å².